The molecule has 2 aromatic rings. The van der Waals surface area contributed by atoms with Crippen molar-refractivity contribution in [2.75, 3.05) is 0 Å². The first-order chi connectivity index (χ1) is 8.24. The predicted octanol–water partition coefficient (Wildman–Crippen LogP) is 5.57. The van der Waals surface area contributed by atoms with Crippen molar-refractivity contribution >= 4 is 45.1 Å². The van der Waals surface area contributed by atoms with Crippen molar-refractivity contribution in [3.05, 3.63) is 62.3 Å². The molecule has 0 aliphatic heterocycles. The van der Waals surface area contributed by atoms with Crippen LogP contribution in [0.25, 0.3) is 12.2 Å². The molecule has 0 fully saturated rings. The predicted molar refractivity (Wildman–Crippen MR) is 82.3 cm³/mol. The van der Waals surface area contributed by atoms with Gasteiger partial charge in [0, 0.05) is 4.88 Å². The molecule has 1 heterocycles. The molecule has 0 amide bonds. The Labute approximate surface area is 114 Å². The van der Waals surface area contributed by atoms with Crippen LogP contribution in [0.2, 0.25) is 0 Å². The molecular formula is C14H12S3. The monoisotopic (exact) mass is 276 g/mol. The first kappa shape index (κ1) is 12.4. The zero-order valence-corrected chi connectivity index (χ0v) is 11.9. The lowest BCUT2D eigenvalue weighted by Crippen LogP contribution is -1.72. The number of hydrogen-bond donors (Lipinski definition) is 0. The second-order valence-electron chi connectivity index (χ2n) is 3.66. The van der Waals surface area contributed by atoms with Crippen LogP contribution in [0.3, 0.4) is 0 Å². The van der Waals surface area contributed by atoms with Crippen LogP contribution in [0, 0.1) is 10.7 Å². The lowest BCUT2D eigenvalue weighted by Gasteiger charge is -1.92. The fraction of sp³-hybridized carbons (Fsp3) is 0.0714. The van der Waals surface area contributed by atoms with Crippen LogP contribution >= 0.6 is 32.9 Å². The van der Waals surface area contributed by atoms with E-state index in [9.17, 15) is 0 Å². The second-order valence-corrected chi connectivity index (χ2v) is 6.60. The lowest BCUT2D eigenvalue weighted by molar-refractivity contribution is 1.46. The number of aryl methyl sites for hydroxylation is 1. The minimum Gasteiger partial charge on any atom is -0.0792 e. The largest absolute Gasteiger partial charge is 0.102 e. The van der Waals surface area contributed by atoms with Crippen molar-refractivity contribution in [1.82, 2.24) is 0 Å². The molecule has 0 saturated heterocycles. The van der Waals surface area contributed by atoms with Gasteiger partial charge in [0.05, 0.1) is 0 Å². The maximum absolute atomic E-state index is 5.08. The molecule has 0 spiro atoms. The topological polar surface area (TPSA) is 0 Å². The zero-order chi connectivity index (χ0) is 12.1. The Balaban J connectivity index is 2.00. The molecule has 0 atom stereocenters. The van der Waals surface area contributed by atoms with Crippen molar-refractivity contribution < 1.29 is 0 Å². The van der Waals surface area contributed by atoms with E-state index in [1.165, 1.54) is 16.0 Å². The minimum absolute atomic E-state index is 0.956. The highest BCUT2D eigenvalue weighted by Gasteiger charge is 1.88. The zero-order valence-electron chi connectivity index (χ0n) is 9.42. The smallest absolute Gasteiger partial charge is 0.0792 e. The number of rotatable bonds is 3. The summed E-state index contributed by atoms with van der Waals surface area (Å²) in [6.07, 6.45) is 8.29. The van der Waals surface area contributed by atoms with Crippen molar-refractivity contribution in [2.24, 2.45) is 0 Å². The van der Waals surface area contributed by atoms with Crippen molar-refractivity contribution in [1.29, 1.82) is 0 Å². The lowest BCUT2D eigenvalue weighted by atomic mass is 10.1. The third-order valence-electron chi connectivity index (χ3n) is 2.22. The molecule has 3 heteroatoms. The second kappa shape index (κ2) is 6.05. The highest BCUT2D eigenvalue weighted by molar-refractivity contribution is 7.79. The quantitative estimate of drug-likeness (QED) is 0.401. The van der Waals surface area contributed by atoms with Crippen LogP contribution < -0.4 is 0 Å². The van der Waals surface area contributed by atoms with E-state index in [1.807, 2.05) is 12.1 Å². The molecule has 1 aromatic heterocycles. The molecule has 0 N–H and O–H groups in total. The van der Waals surface area contributed by atoms with Crippen molar-refractivity contribution in [3.8, 4) is 0 Å². The summed E-state index contributed by atoms with van der Waals surface area (Å²) < 4.78 is 0.956. The Hall–Kier alpha value is -1.03. The summed E-state index contributed by atoms with van der Waals surface area (Å²) in [5.41, 5.74) is 2.51. The Bertz CT molecular complexity index is 582. The molecular weight excluding hydrogens is 264 g/mol. The van der Waals surface area contributed by atoms with Crippen LogP contribution in [-0.2, 0) is 0 Å². The molecule has 0 nitrogen and oxygen atoms in total. The van der Waals surface area contributed by atoms with E-state index in [1.54, 1.807) is 20.7 Å². The summed E-state index contributed by atoms with van der Waals surface area (Å²) in [6.45, 7) is 2.09. The van der Waals surface area contributed by atoms with Gasteiger partial charge in [-0.15, -0.1) is 0 Å². The molecule has 86 valence electrons. The summed E-state index contributed by atoms with van der Waals surface area (Å²) in [5, 5.41) is 0. The van der Waals surface area contributed by atoms with Crippen LogP contribution in [0.1, 0.15) is 16.0 Å². The Kier molecular flexibility index (Phi) is 4.42. The SMILES string of the molecule is Cc1ccc(C=CC=Cc2cc(=S)ss2)cc1. The summed E-state index contributed by atoms with van der Waals surface area (Å²) in [4.78, 5) is 1.22. The van der Waals surface area contributed by atoms with Gasteiger partial charge in [0.2, 0.25) is 0 Å². The number of hydrogen-bond acceptors (Lipinski definition) is 3. The molecule has 0 aliphatic carbocycles. The average molecular weight is 276 g/mol. The fourth-order valence-electron chi connectivity index (χ4n) is 1.32. The Morgan fingerprint density at radius 3 is 2.35 bits per heavy atom. The average Bonchev–Trinajstić information content (AvgIpc) is 2.73. The third-order valence-corrected chi connectivity index (χ3v) is 5.08. The first-order valence-corrected chi connectivity index (χ1v) is 7.81. The Morgan fingerprint density at radius 2 is 1.71 bits per heavy atom. The fourth-order valence-corrected chi connectivity index (χ4v) is 3.55. The molecule has 0 radical (unpaired) electrons. The van der Waals surface area contributed by atoms with Gasteiger partial charge in [0.1, 0.15) is 3.82 Å². The van der Waals surface area contributed by atoms with Crippen LogP contribution in [0.4, 0.5) is 0 Å². The van der Waals surface area contributed by atoms with E-state index in [2.05, 4.69) is 49.4 Å². The van der Waals surface area contributed by atoms with E-state index < -0.39 is 0 Å². The van der Waals surface area contributed by atoms with Gasteiger partial charge in [-0.25, -0.2) is 0 Å². The number of allylic oxidation sites excluding steroid dienone is 2. The van der Waals surface area contributed by atoms with Crippen molar-refractivity contribution in [2.45, 2.75) is 6.92 Å². The third kappa shape index (κ3) is 4.04. The van der Waals surface area contributed by atoms with Gasteiger partial charge in [-0.05, 0) is 24.6 Å². The van der Waals surface area contributed by atoms with E-state index in [0.29, 0.717) is 0 Å². The van der Waals surface area contributed by atoms with E-state index in [4.69, 9.17) is 12.2 Å². The van der Waals surface area contributed by atoms with E-state index >= 15 is 0 Å². The Morgan fingerprint density at radius 1 is 1.00 bits per heavy atom. The molecule has 0 bridgehead atoms. The van der Waals surface area contributed by atoms with Crippen LogP contribution in [0.5, 0.6) is 0 Å². The molecule has 0 unspecified atom stereocenters. The summed E-state index contributed by atoms with van der Waals surface area (Å²) >= 11 is 5.08. The normalized spacial score (nSPS) is 11.6. The van der Waals surface area contributed by atoms with Gasteiger partial charge in [0.15, 0.2) is 0 Å². The maximum atomic E-state index is 5.08. The van der Waals surface area contributed by atoms with Gasteiger partial charge in [0.25, 0.3) is 0 Å². The van der Waals surface area contributed by atoms with Crippen molar-refractivity contribution in [3.63, 3.8) is 0 Å². The molecule has 2 rings (SSSR count). The van der Waals surface area contributed by atoms with Gasteiger partial charge >= 0.3 is 0 Å². The van der Waals surface area contributed by atoms with Crippen LogP contribution in [-0.4, -0.2) is 0 Å². The summed E-state index contributed by atoms with van der Waals surface area (Å²) in [7, 11) is 3.36. The minimum atomic E-state index is 0.956. The summed E-state index contributed by atoms with van der Waals surface area (Å²) in [5.74, 6) is 0. The van der Waals surface area contributed by atoms with Gasteiger partial charge < -0.3 is 0 Å². The summed E-state index contributed by atoms with van der Waals surface area (Å²) in [6, 6.07) is 10.5. The van der Waals surface area contributed by atoms with Gasteiger partial charge in [-0.2, -0.15) is 0 Å². The van der Waals surface area contributed by atoms with Crippen LogP contribution in [0.15, 0.2) is 42.5 Å². The highest BCUT2D eigenvalue weighted by Crippen LogP contribution is 2.19. The van der Waals surface area contributed by atoms with E-state index in [0.717, 1.165) is 3.82 Å². The first-order valence-electron chi connectivity index (χ1n) is 5.26. The maximum Gasteiger partial charge on any atom is 0.102 e. The molecule has 17 heavy (non-hydrogen) atoms. The molecule has 0 aliphatic rings. The van der Waals surface area contributed by atoms with E-state index in [-0.39, 0.29) is 0 Å². The highest BCUT2D eigenvalue weighted by atomic mass is 32.9. The molecule has 1 aromatic carbocycles. The number of benzene rings is 1. The van der Waals surface area contributed by atoms with Gasteiger partial charge in [-0.1, -0.05) is 81.0 Å². The molecule has 0 saturated carbocycles. The standard InChI is InChI=1S/C14H12S3/c1-11-6-8-12(9-7-11)4-2-3-5-13-10-14(15)17-16-13/h2-10H,1H3. The van der Waals surface area contributed by atoms with Gasteiger partial charge in [-0.3, -0.25) is 0 Å².